The van der Waals surface area contributed by atoms with E-state index in [-0.39, 0.29) is 0 Å². The van der Waals surface area contributed by atoms with Gasteiger partial charge in [-0.2, -0.15) is 0 Å². The molecule has 0 unspecified atom stereocenters. The fourth-order valence-electron chi connectivity index (χ4n) is 2.55. The maximum Gasteiger partial charge on any atom is 0.242 e. The quantitative estimate of drug-likeness (QED) is 0.766. The van der Waals surface area contributed by atoms with Crippen LogP contribution in [0.4, 0.5) is 0 Å². The third-order valence-electron chi connectivity index (χ3n) is 4.06. The first kappa shape index (κ1) is 14.1. The number of nitrogens with zero attached hydrogens (tertiary/aromatic N) is 1. The smallest absolute Gasteiger partial charge is 0.242 e. The molecule has 0 spiro atoms. The van der Waals surface area contributed by atoms with Crippen molar-refractivity contribution in [1.82, 2.24) is 14.6 Å². The highest BCUT2D eigenvalue weighted by atomic mass is 32.2. The zero-order valence-electron chi connectivity index (χ0n) is 11.9. The summed E-state index contributed by atoms with van der Waals surface area (Å²) in [4.78, 5) is 0.408. The van der Waals surface area contributed by atoms with Gasteiger partial charge in [-0.1, -0.05) is 12.8 Å². The van der Waals surface area contributed by atoms with Gasteiger partial charge in [-0.3, -0.25) is 0 Å². The summed E-state index contributed by atoms with van der Waals surface area (Å²) in [7, 11) is -1.47. The Morgan fingerprint density at radius 2 is 2.05 bits per heavy atom. The van der Waals surface area contributed by atoms with Crippen LogP contribution in [0.15, 0.2) is 17.2 Å². The van der Waals surface area contributed by atoms with Crippen LogP contribution in [0.1, 0.15) is 43.8 Å². The van der Waals surface area contributed by atoms with E-state index in [0.29, 0.717) is 24.0 Å². The second-order valence-corrected chi connectivity index (χ2v) is 7.73. The molecular weight excluding hydrogens is 274 g/mol. The summed E-state index contributed by atoms with van der Waals surface area (Å²) in [6.45, 7) is 1.26. The highest BCUT2D eigenvalue weighted by Gasteiger charge is 2.28. The molecule has 0 aromatic carbocycles. The van der Waals surface area contributed by atoms with Crippen LogP contribution in [-0.4, -0.2) is 26.6 Å². The van der Waals surface area contributed by atoms with Gasteiger partial charge in [0.15, 0.2) is 0 Å². The zero-order valence-corrected chi connectivity index (χ0v) is 12.7. The van der Waals surface area contributed by atoms with E-state index in [1.807, 2.05) is 7.05 Å². The van der Waals surface area contributed by atoms with Crippen molar-refractivity contribution in [3.63, 3.8) is 0 Å². The number of sulfonamides is 1. The standard InChI is InChI=1S/C14H23N3O2S/c1-15-9-13-8-14(10-17(13)12-4-5-12)20(18,19)16-7-6-11-2-3-11/h8,10-12,15-16H,2-7,9H2,1H3. The number of rotatable bonds is 8. The predicted molar refractivity (Wildman–Crippen MR) is 78.0 cm³/mol. The molecule has 5 nitrogen and oxygen atoms in total. The molecule has 2 fully saturated rings. The molecule has 1 heterocycles. The number of hydrogen-bond acceptors (Lipinski definition) is 3. The van der Waals surface area contributed by atoms with Crippen molar-refractivity contribution in [2.24, 2.45) is 5.92 Å². The van der Waals surface area contributed by atoms with Crippen molar-refractivity contribution in [1.29, 1.82) is 0 Å². The lowest BCUT2D eigenvalue weighted by atomic mass is 10.3. The van der Waals surface area contributed by atoms with Crippen molar-refractivity contribution in [3.8, 4) is 0 Å². The monoisotopic (exact) mass is 297 g/mol. The van der Waals surface area contributed by atoms with E-state index < -0.39 is 10.0 Å². The van der Waals surface area contributed by atoms with Crippen LogP contribution < -0.4 is 10.0 Å². The molecule has 1 aromatic rings. The molecule has 2 N–H and O–H groups in total. The average Bonchev–Trinajstić information content (AvgIpc) is 3.30. The van der Waals surface area contributed by atoms with E-state index in [9.17, 15) is 8.42 Å². The summed E-state index contributed by atoms with van der Waals surface area (Å²) in [5.41, 5.74) is 1.05. The Bertz CT molecular complexity index is 571. The van der Waals surface area contributed by atoms with Gasteiger partial charge in [0.2, 0.25) is 10.0 Å². The molecule has 1 aromatic heterocycles. The minimum absolute atomic E-state index is 0.408. The van der Waals surface area contributed by atoms with Crippen molar-refractivity contribution in [2.45, 2.75) is 49.6 Å². The third kappa shape index (κ3) is 3.24. The highest BCUT2D eigenvalue weighted by molar-refractivity contribution is 7.89. The summed E-state index contributed by atoms with van der Waals surface area (Å²) in [6.07, 6.45) is 7.58. The largest absolute Gasteiger partial charge is 0.346 e. The number of nitrogens with one attached hydrogen (secondary N) is 2. The topological polar surface area (TPSA) is 63.1 Å². The van der Waals surface area contributed by atoms with Gasteiger partial charge in [-0.25, -0.2) is 13.1 Å². The van der Waals surface area contributed by atoms with Gasteiger partial charge in [0.1, 0.15) is 0 Å². The van der Waals surface area contributed by atoms with Crippen LogP contribution in [0.3, 0.4) is 0 Å². The van der Waals surface area contributed by atoms with Crippen LogP contribution >= 0.6 is 0 Å². The van der Waals surface area contributed by atoms with Gasteiger partial charge in [0, 0.05) is 31.0 Å². The molecule has 3 rings (SSSR count). The second-order valence-electron chi connectivity index (χ2n) is 5.97. The normalized spacial score (nSPS) is 19.4. The van der Waals surface area contributed by atoms with E-state index in [2.05, 4.69) is 14.6 Å². The predicted octanol–water partition coefficient (Wildman–Crippen LogP) is 1.62. The average molecular weight is 297 g/mol. The molecule has 0 saturated heterocycles. The number of aromatic nitrogens is 1. The Hall–Kier alpha value is -0.850. The second kappa shape index (κ2) is 5.50. The summed E-state index contributed by atoms with van der Waals surface area (Å²) in [5.74, 6) is 0.744. The molecule has 0 aliphatic heterocycles. The van der Waals surface area contributed by atoms with Gasteiger partial charge in [-0.15, -0.1) is 0 Å². The highest BCUT2D eigenvalue weighted by Crippen LogP contribution is 2.37. The van der Waals surface area contributed by atoms with Gasteiger partial charge in [0.05, 0.1) is 4.90 Å². The fraction of sp³-hybridized carbons (Fsp3) is 0.714. The third-order valence-corrected chi connectivity index (χ3v) is 5.48. The summed E-state index contributed by atoms with van der Waals surface area (Å²) in [6, 6.07) is 2.29. The van der Waals surface area contributed by atoms with Crippen molar-refractivity contribution < 1.29 is 8.42 Å². The maximum absolute atomic E-state index is 12.3. The lowest BCUT2D eigenvalue weighted by Crippen LogP contribution is -2.24. The first-order valence-electron chi connectivity index (χ1n) is 7.45. The van der Waals surface area contributed by atoms with Crippen molar-refractivity contribution in [3.05, 3.63) is 18.0 Å². The Morgan fingerprint density at radius 3 is 2.65 bits per heavy atom. The fourth-order valence-corrected chi connectivity index (χ4v) is 3.64. The molecule has 0 atom stereocenters. The lowest BCUT2D eigenvalue weighted by molar-refractivity contribution is 0.575. The molecule has 2 aliphatic carbocycles. The Kier molecular flexibility index (Phi) is 3.88. The van der Waals surface area contributed by atoms with Gasteiger partial charge in [-0.05, 0) is 38.3 Å². The van der Waals surface area contributed by atoms with E-state index in [4.69, 9.17) is 0 Å². The minimum Gasteiger partial charge on any atom is -0.346 e. The van der Waals surface area contributed by atoms with Gasteiger partial charge >= 0.3 is 0 Å². The molecule has 6 heteroatoms. The Labute approximate surface area is 120 Å². The SMILES string of the molecule is CNCc1cc(S(=O)(=O)NCCC2CC2)cn1C1CC1. The van der Waals surface area contributed by atoms with E-state index in [1.54, 1.807) is 12.3 Å². The Balaban J connectivity index is 1.71. The molecule has 0 bridgehead atoms. The summed E-state index contributed by atoms with van der Waals surface area (Å²) in [5, 5.41) is 3.10. The molecule has 0 radical (unpaired) electrons. The van der Waals surface area contributed by atoms with E-state index >= 15 is 0 Å². The number of hydrogen-bond donors (Lipinski definition) is 2. The lowest BCUT2D eigenvalue weighted by Gasteiger charge is -2.05. The maximum atomic E-state index is 12.3. The van der Waals surface area contributed by atoms with E-state index in [0.717, 1.165) is 30.9 Å². The van der Waals surface area contributed by atoms with E-state index in [1.165, 1.54) is 12.8 Å². The summed E-state index contributed by atoms with van der Waals surface area (Å²) >= 11 is 0. The van der Waals surface area contributed by atoms with Crippen LogP contribution in [0.2, 0.25) is 0 Å². The molecule has 0 amide bonds. The van der Waals surface area contributed by atoms with Crippen LogP contribution in [-0.2, 0) is 16.6 Å². The van der Waals surface area contributed by atoms with Gasteiger partial charge < -0.3 is 9.88 Å². The molecule has 112 valence electrons. The molecule has 20 heavy (non-hydrogen) atoms. The van der Waals surface area contributed by atoms with Crippen LogP contribution in [0, 0.1) is 5.92 Å². The summed E-state index contributed by atoms with van der Waals surface area (Å²) < 4.78 is 29.4. The van der Waals surface area contributed by atoms with Gasteiger partial charge in [0.25, 0.3) is 0 Å². The van der Waals surface area contributed by atoms with Crippen LogP contribution in [0.25, 0.3) is 0 Å². The van der Waals surface area contributed by atoms with Crippen LogP contribution in [0.5, 0.6) is 0 Å². The van der Waals surface area contributed by atoms with Crippen molar-refractivity contribution in [2.75, 3.05) is 13.6 Å². The zero-order chi connectivity index (χ0) is 14.2. The molecule has 2 saturated carbocycles. The van der Waals surface area contributed by atoms with Crippen molar-refractivity contribution >= 4 is 10.0 Å². The molecule has 2 aliphatic rings. The Morgan fingerprint density at radius 1 is 1.30 bits per heavy atom. The molecular formula is C14H23N3O2S. The first-order chi connectivity index (χ1) is 9.60. The minimum atomic E-state index is -3.35. The first-order valence-corrected chi connectivity index (χ1v) is 8.93.